The largest absolute Gasteiger partial charge is 0.394 e. The molecule has 0 fully saturated rings. The Kier molecular flexibility index (Phi) is 4.32. The predicted octanol–water partition coefficient (Wildman–Crippen LogP) is 1.64. The number of rotatable bonds is 5. The topological polar surface area (TPSA) is 84.2 Å². The van der Waals surface area contributed by atoms with Crippen molar-refractivity contribution in [2.75, 3.05) is 11.3 Å². The van der Waals surface area contributed by atoms with Crippen LogP contribution in [0.2, 0.25) is 5.02 Å². The molecule has 0 radical (unpaired) electrons. The zero-order chi connectivity index (χ0) is 14.8. The minimum atomic E-state index is -3.76. The fourth-order valence-corrected chi connectivity index (χ4v) is 3.30. The van der Waals surface area contributed by atoms with Crippen LogP contribution in [0.25, 0.3) is 0 Å². The van der Waals surface area contributed by atoms with Gasteiger partial charge in [0.2, 0.25) is 0 Å². The van der Waals surface area contributed by atoms with E-state index in [1.165, 1.54) is 23.1 Å². The van der Waals surface area contributed by atoms with Gasteiger partial charge in [-0.1, -0.05) is 17.7 Å². The van der Waals surface area contributed by atoms with E-state index in [1.54, 1.807) is 12.1 Å². The molecule has 0 unspecified atom stereocenters. The van der Waals surface area contributed by atoms with Crippen molar-refractivity contribution >= 4 is 27.3 Å². The van der Waals surface area contributed by atoms with Crippen LogP contribution in [0.4, 0.5) is 5.69 Å². The lowest BCUT2D eigenvalue weighted by Crippen LogP contribution is -2.13. The lowest BCUT2D eigenvalue weighted by Gasteiger charge is -2.08. The number of nitrogens with zero attached hydrogens (tertiary/aromatic N) is 2. The van der Waals surface area contributed by atoms with Gasteiger partial charge in [0.25, 0.3) is 10.0 Å². The quantitative estimate of drug-likeness (QED) is 0.878. The number of aliphatic hydroxyl groups is 1. The van der Waals surface area contributed by atoms with E-state index in [9.17, 15) is 8.42 Å². The minimum Gasteiger partial charge on any atom is -0.394 e. The van der Waals surface area contributed by atoms with E-state index in [1.807, 2.05) is 6.92 Å². The molecule has 1 heterocycles. The molecule has 0 atom stereocenters. The Labute approximate surface area is 122 Å². The molecule has 6 nitrogen and oxygen atoms in total. The van der Waals surface area contributed by atoms with Crippen molar-refractivity contribution < 1.29 is 13.5 Å². The molecule has 0 spiro atoms. The summed E-state index contributed by atoms with van der Waals surface area (Å²) in [5.41, 5.74) is 1.19. The zero-order valence-electron chi connectivity index (χ0n) is 10.7. The van der Waals surface area contributed by atoms with E-state index in [2.05, 4.69) is 9.82 Å². The van der Waals surface area contributed by atoms with Crippen molar-refractivity contribution in [3.8, 4) is 0 Å². The first-order valence-electron chi connectivity index (χ1n) is 5.84. The second-order valence-corrected chi connectivity index (χ2v) is 6.31. The van der Waals surface area contributed by atoms with Crippen LogP contribution < -0.4 is 4.72 Å². The Bertz CT molecular complexity index is 712. The monoisotopic (exact) mass is 315 g/mol. The molecule has 8 heteroatoms. The molecule has 2 rings (SSSR count). The minimum absolute atomic E-state index is 0.0136. The average molecular weight is 316 g/mol. The molecular formula is C12H14ClN3O3S. The maximum Gasteiger partial charge on any atom is 0.263 e. The van der Waals surface area contributed by atoms with Crippen molar-refractivity contribution in [3.05, 3.63) is 41.2 Å². The number of hydrogen-bond acceptors (Lipinski definition) is 4. The lowest BCUT2D eigenvalue weighted by atomic mass is 10.2. The molecule has 2 N–H and O–H groups in total. The van der Waals surface area contributed by atoms with Gasteiger partial charge in [-0.3, -0.25) is 9.40 Å². The standard InChI is InChI=1S/C12H14ClN3O3S/c1-9-2-3-12(11(13)6-9)20(18,19)15-10-7-14-16(8-10)4-5-17/h2-3,6-8,15,17H,4-5H2,1H3. The summed E-state index contributed by atoms with van der Waals surface area (Å²) >= 11 is 5.96. The highest BCUT2D eigenvalue weighted by Crippen LogP contribution is 2.24. The molecule has 0 aliphatic carbocycles. The Hall–Kier alpha value is -1.57. The molecule has 0 saturated heterocycles. The molecule has 0 bridgehead atoms. The lowest BCUT2D eigenvalue weighted by molar-refractivity contribution is 0.269. The molecule has 1 aromatic heterocycles. The zero-order valence-corrected chi connectivity index (χ0v) is 12.3. The van der Waals surface area contributed by atoms with Crippen LogP contribution >= 0.6 is 11.6 Å². The fraction of sp³-hybridized carbons (Fsp3) is 0.250. The Morgan fingerprint density at radius 1 is 1.45 bits per heavy atom. The Balaban J connectivity index is 2.26. The van der Waals surface area contributed by atoms with Gasteiger partial charge < -0.3 is 5.11 Å². The average Bonchev–Trinajstić information content (AvgIpc) is 2.75. The van der Waals surface area contributed by atoms with Gasteiger partial charge in [-0.05, 0) is 24.6 Å². The molecule has 2 aromatic rings. The second-order valence-electron chi connectivity index (χ2n) is 4.26. The third-order valence-corrected chi connectivity index (χ3v) is 4.46. The number of halogens is 1. The van der Waals surface area contributed by atoms with E-state index in [4.69, 9.17) is 16.7 Å². The molecule has 108 valence electrons. The molecule has 0 aliphatic heterocycles. The number of aliphatic hydroxyl groups excluding tert-OH is 1. The SMILES string of the molecule is Cc1ccc(S(=O)(=O)Nc2cnn(CCO)c2)c(Cl)c1. The Morgan fingerprint density at radius 3 is 2.85 bits per heavy atom. The first-order valence-corrected chi connectivity index (χ1v) is 7.71. The molecular weight excluding hydrogens is 302 g/mol. The van der Waals surface area contributed by atoms with Crippen LogP contribution in [-0.4, -0.2) is 29.9 Å². The molecule has 0 aliphatic rings. The van der Waals surface area contributed by atoms with Crippen LogP contribution in [0.1, 0.15) is 5.56 Å². The van der Waals surface area contributed by atoms with Gasteiger partial charge in [0, 0.05) is 6.20 Å². The van der Waals surface area contributed by atoms with Crippen molar-refractivity contribution in [1.29, 1.82) is 0 Å². The van der Waals surface area contributed by atoms with Crippen LogP contribution in [0.5, 0.6) is 0 Å². The number of aryl methyl sites for hydroxylation is 1. The van der Waals surface area contributed by atoms with E-state index in [0.717, 1.165) is 5.56 Å². The summed E-state index contributed by atoms with van der Waals surface area (Å²) in [5.74, 6) is 0. The molecule has 20 heavy (non-hydrogen) atoms. The van der Waals surface area contributed by atoms with Gasteiger partial charge in [0.15, 0.2) is 0 Å². The fourth-order valence-electron chi connectivity index (χ4n) is 1.67. The summed E-state index contributed by atoms with van der Waals surface area (Å²) in [5, 5.41) is 12.9. The second kappa shape index (κ2) is 5.82. The number of sulfonamides is 1. The van der Waals surface area contributed by atoms with Crippen LogP contribution in [0.3, 0.4) is 0 Å². The highest BCUT2D eigenvalue weighted by atomic mass is 35.5. The third-order valence-electron chi connectivity index (χ3n) is 2.59. The van der Waals surface area contributed by atoms with Crippen LogP contribution in [0, 0.1) is 6.92 Å². The number of anilines is 1. The van der Waals surface area contributed by atoms with Gasteiger partial charge in [-0.25, -0.2) is 8.42 Å². The number of nitrogens with one attached hydrogen (secondary N) is 1. The first kappa shape index (κ1) is 14.8. The van der Waals surface area contributed by atoms with Gasteiger partial charge in [0.1, 0.15) is 4.90 Å². The van der Waals surface area contributed by atoms with Crippen LogP contribution in [0.15, 0.2) is 35.5 Å². The van der Waals surface area contributed by atoms with Crippen molar-refractivity contribution in [2.45, 2.75) is 18.4 Å². The third kappa shape index (κ3) is 3.30. The maximum atomic E-state index is 12.2. The molecule has 0 saturated carbocycles. The first-order chi connectivity index (χ1) is 9.42. The smallest absolute Gasteiger partial charge is 0.263 e. The van der Waals surface area contributed by atoms with Crippen molar-refractivity contribution in [2.24, 2.45) is 0 Å². The van der Waals surface area contributed by atoms with Gasteiger partial charge in [0.05, 0.1) is 30.1 Å². The highest BCUT2D eigenvalue weighted by molar-refractivity contribution is 7.92. The van der Waals surface area contributed by atoms with Gasteiger partial charge >= 0.3 is 0 Å². The summed E-state index contributed by atoms with van der Waals surface area (Å²) < 4.78 is 28.3. The van der Waals surface area contributed by atoms with Crippen molar-refractivity contribution in [1.82, 2.24) is 9.78 Å². The van der Waals surface area contributed by atoms with Crippen molar-refractivity contribution in [3.63, 3.8) is 0 Å². The summed E-state index contributed by atoms with van der Waals surface area (Å²) in [4.78, 5) is 0.0136. The Morgan fingerprint density at radius 2 is 2.20 bits per heavy atom. The van der Waals surface area contributed by atoms with E-state index in [-0.39, 0.29) is 16.5 Å². The normalized spacial score (nSPS) is 11.6. The predicted molar refractivity (Wildman–Crippen MR) is 76.3 cm³/mol. The van der Waals surface area contributed by atoms with E-state index >= 15 is 0 Å². The summed E-state index contributed by atoms with van der Waals surface area (Å²) in [7, 11) is -3.76. The summed E-state index contributed by atoms with van der Waals surface area (Å²) in [6.07, 6.45) is 2.87. The number of aromatic nitrogens is 2. The maximum absolute atomic E-state index is 12.2. The number of benzene rings is 1. The van der Waals surface area contributed by atoms with Gasteiger partial charge in [-0.2, -0.15) is 5.10 Å². The molecule has 0 amide bonds. The summed E-state index contributed by atoms with van der Waals surface area (Å²) in [6, 6.07) is 4.72. The van der Waals surface area contributed by atoms with E-state index in [0.29, 0.717) is 12.2 Å². The van der Waals surface area contributed by atoms with E-state index < -0.39 is 10.0 Å². The van der Waals surface area contributed by atoms with Gasteiger partial charge in [-0.15, -0.1) is 0 Å². The molecule has 1 aromatic carbocycles. The highest BCUT2D eigenvalue weighted by Gasteiger charge is 2.18. The number of hydrogen-bond donors (Lipinski definition) is 2. The summed E-state index contributed by atoms with van der Waals surface area (Å²) in [6.45, 7) is 2.05. The van der Waals surface area contributed by atoms with Crippen LogP contribution in [-0.2, 0) is 16.6 Å².